The summed E-state index contributed by atoms with van der Waals surface area (Å²) in [4.78, 5) is 11.6. The molecular weight excluding hydrogens is 375 g/mol. The van der Waals surface area contributed by atoms with Crippen LogP contribution in [-0.2, 0) is 9.53 Å². The van der Waals surface area contributed by atoms with E-state index in [1.165, 1.54) is 29.1 Å². The highest BCUT2D eigenvalue weighted by atomic mass is 35.5. The molecule has 0 aliphatic rings. The van der Waals surface area contributed by atoms with Gasteiger partial charge in [0.25, 0.3) is 0 Å². The number of rotatable bonds is 6. The first-order chi connectivity index (χ1) is 12.8. The molecule has 0 aliphatic heterocycles. The summed E-state index contributed by atoms with van der Waals surface area (Å²) >= 11 is 0. The molecule has 0 heterocycles. The maximum absolute atomic E-state index is 11.6. The maximum atomic E-state index is 11.6. The molecule has 0 unspecified atom stereocenters. The molecule has 0 N–H and O–H groups in total. The van der Waals surface area contributed by atoms with Crippen LogP contribution in [0.3, 0.4) is 0 Å². The van der Waals surface area contributed by atoms with Crippen LogP contribution in [0.1, 0.15) is 0 Å². The van der Waals surface area contributed by atoms with Crippen LogP contribution in [0.15, 0.2) is 103 Å². The number of carbonyl (C=O) groups is 1. The Labute approximate surface area is 167 Å². The zero-order chi connectivity index (χ0) is 18.2. The molecule has 3 aromatic carbocycles. The lowest BCUT2D eigenvalue weighted by Gasteiger charge is -2.26. The first-order valence-electron chi connectivity index (χ1n) is 8.57. The van der Waals surface area contributed by atoms with Crippen LogP contribution in [0.2, 0.25) is 0 Å². The summed E-state index contributed by atoms with van der Waals surface area (Å²) < 4.78 is 4.77. The molecular formula is C23H22ClO2P. The fourth-order valence-electron chi connectivity index (χ4n) is 3.19. The molecule has 4 heteroatoms. The number of allylic oxidation sites excluding steroid dienone is 1. The fraction of sp³-hybridized carbons (Fsp3) is 0.0870. The summed E-state index contributed by atoms with van der Waals surface area (Å²) in [6.45, 7) is 0. The van der Waals surface area contributed by atoms with E-state index < -0.39 is 7.26 Å². The second kappa shape index (κ2) is 10.1. The van der Waals surface area contributed by atoms with Gasteiger partial charge in [-0.15, -0.1) is 0 Å². The van der Waals surface area contributed by atoms with Crippen LogP contribution >= 0.6 is 7.26 Å². The first-order valence-corrected chi connectivity index (χ1v) is 10.5. The van der Waals surface area contributed by atoms with E-state index in [0.717, 1.165) is 6.16 Å². The van der Waals surface area contributed by atoms with E-state index in [0.29, 0.717) is 0 Å². The molecule has 2 nitrogen and oxygen atoms in total. The molecule has 3 aromatic rings. The van der Waals surface area contributed by atoms with Crippen LogP contribution in [0.25, 0.3) is 0 Å². The molecule has 0 aromatic heterocycles. The third-order valence-corrected chi connectivity index (χ3v) is 8.72. The highest BCUT2D eigenvalue weighted by Gasteiger charge is 2.44. The summed E-state index contributed by atoms with van der Waals surface area (Å²) in [5, 5.41) is 3.89. The molecule has 0 aliphatic carbocycles. The zero-order valence-electron chi connectivity index (χ0n) is 15.2. The van der Waals surface area contributed by atoms with Crippen molar-refractivity contribution in [3.63, 3.8) is 0 Å². The molecule has 0 spiro atoms. The van der Waals surface area contributed by atoms with E-state index in [1.54, 1.807) is 0 Å². The van der Waals surface area contributed by atoms with Crippen molar-refractivity contribution in [2.24, 2.45) is 0 Å². The van der Waals surface area contributed by atoms with Crippen LogP contribution in [0.5, 0.6) is 0 Å². The van der Waals surface area contributed by atoms with Gasteiger partial charge < -0.3 is 17.1 Å². The average Bonchev–Trinajstić information content (AvgIpc) is 2.73. The second-order valence-electron chi connectivity index (χ2n) is 5.92. The van der Waals surface area contributed by atoms with Gasteiger partial charge in [-0.3, -0.25) is 0 Å². The monoisotopic (exact) mass is 396 g/mol. The first kappa shape index (κ1) is 20.9. The largest absolute Gasteiger partial charge is 1.00 e. The minimum Gasteiger partial charge on any atom is -1.00 e. The van der Waals surface area contributed by atoms with Gasteiger partial charge in [-0.25, -0.2) is 4.79 Å². The van der Waals surface area contributed by atoms with Gasteiger partial charge in [-0.05, 0) is 42.5 Å². The predicted molar refractivity (Wildman–Crippen MR) is 111 cm³/mol. The summed E-state index contributed by atoms with van der Waals surface area (Å²) in [6.07, 6.45) is 4.25. The number of hydrogen-bond donors (Lipinski definition) is 0. The molecule has 0 atom stereocenters. The molecule has 0 saturated heterocycles. The Kier molecular flexibility index (Phi) is 7.79. The Morgan fingerprint density at radius 2 is 1.15 bits per heavy atom. The average molecular weight is 397 g/mol. The third-order valence-electron chi connectivity index (χ3n) is 4.43. The number of esters is 1. The van der Waals surface area contributed by atoms with E-state index in [9.17, 15) is 4.79 Å². The lowest BCUT2D eigenvalue weighted by molar-refractivity contribution is -0.134. The Hall–Kier alpha value is -2.41. The molecule has 3 rings (SSSR count). The third kappa shape index (κ3) is 4.66. The maximum Gasteiger partial charge on any atom is 0.330 e. The van der Waals surface area contributed by atoms with E-state index in [4.69, 9.17) is 4.74 Å². The smallest absolute Gasteiger partial charge is 0.330 e. The number of carbonyl (C=O) groups excluding carboxylic acids is 1. The van der Waals surface area contributed by atoms with E-state index in [1.807, 2.05) is 24.3 Å². The van der Waals surface area contributed by atoms with Gasteiger partial charge in [0.2, 0.25) is 0 Å². The molecule has 27 heavy (non-hydrogen) atoms. The minimum atomic E-state index is -1.91. The van der Waals surface area contributed by atoms with Crippen LogP contribution in [0.4, 0.5) is 0 Å². The Bertz CT molecular complexity index is 768. The number of methoxy groups -OCH3 is 1. The molecule has 0 bridgehead atoms. The van der Waals surface area contributed by atoms with Crippen molar-refractivity contribution >= 4 is 29.1 Å². The predicted octanol–water partition coefficient (Wildman–Crippen LogP) is 0.714. The van der Waals surface area contributed by atoms with Crippen molar-refractivity contribution in [3.05, 3.63) is 103 Å². The van der Waals surface area contributed by atoms with Crippen molar-refractivity contribution in [1.82, 2.24) is 0 Å². The molecule has 0 fully saturated rings. The highest BCUT2D eigenvalue weighted by molar-refractivity contribution is 7.95. The summed E-state index contributed by atoms with van der Waals surface area (Å²) in [7, 11) is -0.511. The number of ether oxygens (including phenoxy) is 1. The topological polar surface area (TPSA) is 26.3 Å². The van der Waals surface area contributed by atoms with Gasteiger partial charge in [0.05, 0.1) is 13.3 Å². The molecule has 0 radical (unpaired) electrons. The van der Waals surface area contributed by atoms with Crippen molar-refractivity contribution in [3.8, 4) is 0 Å². The lowest BCUT2D eigenvalue weighted by Crippen LogP contribution is -3.00. The second-order valence-corrected chi connectivity index (χ2v) is 9.46. The van der Waals surface area contributed by atoms with E-state index in [-0.39, 0.29) is 18.4 Å². The highest BCUT2D eigenvalue weighted by Crippen LogP contribution is 2.55. The zero-order valence-corrected chi connectivity index (χ0v) is 16.8. The van der Waals surface area contributed by atoms with Crippen molar-refractivity contribution in [1.29, 1.82) is 0 Å². The van der Waals surface area contributed by atoms with Crippen LogP contribution in [-0.4, -0.2) is 19.2 Å². The quantitative estimate of drug-likeness (QED) is 0.348. The van der Waals surface area contributed by atoms with Crippen LogP contribution in [0, 0.1) is 0 Å². The van der Waals surface area contributed by atoms with Gasteiger partial charge in [0, 0.05) is 6.08 Å². The van der Waals surface area contributed by atoms with Gasteiger partial charge >= 0.3 is 5.97 Å². The van der Waals surface area contributed by atoms with E-state index in [2.05, 4.69) is 72.8 Å². The lowest BCUT2D eigenvalue weighted by atomic mass is 10.4. The standard InChI is InChI=1S/C23H22O2P.ClH/c1-25-23(24)18-11-19-26(20-12-5-2-6-13-20,21-14-7-3-8-15-21)22-16-9-4-10-17-22;/h2-18H,19H2,1H3;1H/q+1;/p-1. The van der Waals surface area contributed by atoms with Crippen molar-refractivity contribution < 1.29 is 21.9 Å². The Balaban J connectivity index is 0.00000261. The Morgan fingerprint density at radius 3 is 1.48 bits per heavy atom. The number of hydrogen-bond acceptors (Lipinski definition) is 2. The normalized spacial score (nSPS) is 11.0. The Morgan fingerprint density at radius 1 is 0.778 bits per heavy atom. The molecule has 0 saturated carbocycles. The minimum absolute atomic E-state index is 0. The number of halogens is 1. The summed E-state index contributed by atoms with van der Waals surface area (Å²) in [5.41, 5.74) is 0. The van der Waals surface area contributed by atoms with Crippen LogP contribution < -0.4 is 28.3 Å². The van der Waals surface area contributed by atoms with Gasteiger partial charge in [0.1, 0.15) is 23.2 Å². The summed E-state index contributed by atoms with van der Waals surface area (Å²) in [5.74, 6) is -0.322. The van der Waals surface area contributed by atoms with Gasteiger partial charge in [-0.2, -0.15) is 0 Å². The SMILES string of the molecule is COC(=O)C=CC[P+](c1ccccc1)(c1ccccc1)c1ccccc1.[Cl-]. The van der Waals surface area contributed by atoms with E-state index >= 15 is 0 Å². The van der Waals surface area contributed by atoms with Crippen molar-refractivity contribution in [2.45, 2.75) is 0 Å². The molecule has 0 amide bonds. The molecule has 138 valence electrons. The number of benzene rings is 3. The summed E-state index contributed by atoms with van der Waals surface area (Å²) in [6, 6.07) is 31.8. The van der Waals surface area contributed by atoms with Crippen molar-refractivity contribution in [2.75, 3.05) is 13.3 Å². The van der Waals surface area contributed by atoms with Gasteiger partial charge in [-0.1, -0.05) is 54.6 Å². The van der Waals surface area contributed by atoms with Gasteiger partial charge in [0.15, 0.2) is 0 Å². The fourth-order valence-corrected chi connectivity index (χ4v) is 7.18.